The Hall–Kier alpha value is -1.11. The number of carboxylic acids is 1. The molecule has 0 radical (unpaired) electrons. The zero-order valence-electron chi connectivity index (χ0n) is 8.18. The lowest BCUT2D eigenvalue weighted by atomic mass is 10.4. The molecule has 0 aliphatic carbocycles. The Balaban J connectivity index is 2.71. The van der Waals surface area contributed by atoms with Crippen molar-refractivity contribution >= 4 is 27.6 Å². The van der Waals surface area contributed by atoms with Crippen molar-refractivity contribution < 1.29 is 18.3 Å². The Morgan fingerprint density at radius 1 is 1.31 bits per heavy atom. The van der Waals surface area contributed by atoms with Crippen molar-refractivity contribution in [1.82, 2.24) is 4.72 Å². The van der Waals surface area contributed by atoms with Gasteiger partial charge in [0, 0.05) is 11.6 Å². The first-order chi connectivity index (χ1) is 7.42. The van der Waals surface area contributed by atoms with Crippen LogP contribution >= 0.6 is 11.6 Å². The molecule has 1 aromatic carbocycles. The van der Waals surface area contributed by atoms with Gasteiger partial charge in [0.2, 0.25) is 10.0 Å². The molecule has 0 aromatic heterocycles. The van der Waals surface area contributed by atoms with E-state index in [4.69, 9.17) is 16.7 Å². The van der Waals surface area contributed by atoms with Crippen LogP contribution in [0.3, 0.4) is 0 Å². The van der Waals surface area contributed by atoms with E-state index in [1.807, 2.05) is 0 Å². The zero-order valence-corrected chi connectivity index (χ0v) is 9.75. The number of benzene rings is 1. The molecule has 0 spiro atoms. The van der Waals surface area contributed by atoms with Crippen LogP contribution in [0.25, 0.3) is 0 Å². The fraction of sp³-hybridized carbons (Fsp3) is 0.222. The topological polar surface area (TPSA) is 83.5 Å². The monoisotopic (exact) mass is 263 g/mol. The summed E-state index contributed by atoms with van der Waals surface area (Å²) in [5, 5.41) is 8.80. The number of carboxylic acid groups (broad SMARTS) is 1. The fourth-order valence-corrected chi connectivity index (χ4v) is 2.15. The quantitative estimate of drug-likeness (QED) is 0.833. The van der Waals surface area contributed by atoms with Gasteiger partial charge in [-0.3, -0.25) is 4.79 Å². The molecule has 5 nitrogen and oxygen atoms in total. The summed E-state index contributed by atoms with van der Waals surface area (Å²) in [7, 11) is -3.64. The minimum absolute atomic E-state index is 0.0577. The first-order valence-electron chi connectivity index (χ1n) is 4.39. The predicted octanol–water partition coefficient (Wildman–Crippen LogP) is 1.09. The largest absolute Gasteiger partial charge is 0.481 e. The molecule has 0 unspecified atom stereocenters. The van der Waals surface area contributed by atoms with Crippen LogP contribution in [0.15, 0.2) is 29.2 Å². The highest BCUT2D eigenvalue weighted by molar-refractivity contribution is 7.89. The normalized spacial score (nSPS) is 11.3. The lowest BCUT2D eigenvalue weighted by molar-refractivity contribution is -0.136. The van der Waals surface area contributed by atoms with Crippen LogP contribution in [0, 0.1) is 0 Å². The average Bonchev–Trinajstić information content (AvgIpc) is 2.17. The maximum atomic E-state index is 11.6. The Kier molecular flexibility index (Phi) is 4.28. The lowest BCUT2D eigenvalue weighted by Crippen LogP contribution is -2.26. The van der Waals surface area contributed by atoms with Crippen LogP contribution < -0.4 is 4.72 Å². The summed E-state index contributed by atoms with van der Waals surface area (Å²) in [6.07, 6.45) is -0.257. The van der Waals surface area contributed by atoms with E-state index in [0.717, 1.165) is 0 Å². The van der Waals surface area contributed by atoms with Crippen LogP contribution in [-0.2, 0) is 14.8 Å². The average molecular weight is 264 g/mol. The number of sulfonamides is 1. The van der Waals surface area contributed by atoms with Gasteiger partial charge in [-0.25, -0.2) is 13.1 Å². The Morgan fingerprint density at radius 3 is 2.38 bits per heavy atom. The maximum absolute atomic E-state index is 11.6. The van der Waals surface area contributed by atoms with Crippen molar-refractivity contribution in [2.75, 3.05) is 6.54 Å². The standard InChI is InChI=1S/C9H10ClNO4S/c10-7-1-3-8(4-2-7)16(14,15)11-6-5-9(12)13/h1-4,11H,5-6H2,(H,12,13). The summed E-state index contributed by atoms with van der Waals surface area (Å²) in [4.78, 5) is 10.3. The SMILES string of the molecule is O=C(O)CCNS(=O)(=O)c1ccc(Cl)cc1. The molecule has 0 aliphatic heterocycles. The molecule has 0 saturated heterocycles. The van der Waals surface area contributed by atoms with E-state index in [0.29, 0.717) is 5.02 Å². The molecule has 2 N–H and O–H groups in total. The van der Waals surface area contributed by atoms with Gasteiger partial charge in [0.05, 0.1) is 11.3 Å². The third-order valence-electron chi connectivity index (χ3n) is 1.75. The number of aliphatic carboxylic acids is 1. The number of nitrogens with one attached hydrogen (secondary N) is 1. The van der Waals surface area contributed by atoms with E-state index in [9.17, 15) is 13.2 Å². The second kappa shape index (κ2) is 5.29. The van der Waals surface area contributed by atoms with Gasteiger partial charge in [-0.1, -0.05) is 11.6 Å². The number of hydrogen-bond acceptors (Lipinski definition) is 3. The third-order valence-corrected chi connectivity index (χ3v) is 3.48. The molecule has 0 bridgehead atoms. The van der Waals surface area contributed by atoms with Gasteiger partial charge in [0.1, 0.15) is 0 Å². The highest BCUT2D eigenvalue weighted by Gasteiger charge is 2.13. The molecular formula is C9H10ClNO4S. The molecule has 0 fully saturated rings. The number of carbonyl (C=O) groups is 1. The van der Waals surface area contributed by atoms with Crippen molar-refractivity contribution in [3.05, 3.63) is 29.3 Å². The molecule has 88 valence electrons. The zero-order chi connectivity index (χ0) is 12.2. The summed E-state index contributed by atoms with van der Waals surface area (Å²) in [6.45, 7) is -0.139. The summed E-state index contributed by atoms with van der Waals surface area (Å²) >= 11 is 5.61. The minimum Gasteiger partial charge on any atom is -0.481 e. The van der Waals surface area contributed by atoms with Gasteiger partial charge >= 0.3 is 5.97 Å². The number of rotatable bonds is 5. The Labute approximate surface area is 98.1 Å². The summed E-state index contributed by atoms with van der Waals surface area (Å²) < 4.78 is 25.3. The first-order valence-corrected chi connectivity index (χ1v) is 6.25. The number of hydrogen-bond donors (Lipinski definition) is 2. The van der Waals surface area contributed by atoms with Crippen molar-refractivity contribution in [2.24, 2.45) is 0 Å². The van der Waals surface area contributed by atoms with E-state index in [-0.39, 0.29) is 17.9 Å². The van der Waals surface area contributed by atoms with Crippen LogP contribution in [0.1, 0.15) is 6.42 Å². The molecule has 0 amide bonds. The summed E-state index contributed by atoms with van der Waals surface area (Å²) in [5.74, 6) is -1.06. The van der Waals surface area contributed by atoms with Crippen molar-refractivity contribution in [2.45, 2.75) is 11.3 Å². The van der Waals surface area contributed by atoms with Gasteiger partial charge in [-0.15, -0.1) is 0 Å². The van der Waals surface area contributed by atoms with E-state index in [1.54, 1.807) is 0 Å². The summed E-state index contributed by atoms with van der Waals surface area (Å²) in [5.41, 5.74) is 0. The second-order valence-electron chi connectivity index (χ2n) is 3.00. The van der Waals surface area contributed by atoms with Crippen molar-refractivity contribution in [1.29, 1.82) is 0 Å². The van der Waals surface area contributed by atoms with E-state index in [1.165, 1.54) is 24.3 Å². The van der Waals surface area contributed by atoms with Crippen LogP contribution in [0.4, 0.5) is 0 Å². The highest BCUT2D eigenvalue weighted by Crippen LogP contribution is 2.13. The molecule has 1 aromatic rings. The molecule has 0 atom stereocenters. The van der Waals surface area contributed by atoms with Crippen LogP contribution in [-0.4, -0.2) is 26.0 Å². The molecule has 1 rings (SSSR count). The van der Waals surface area contributed by atoms with Crippen molar-refractivity contribution in [3.8, 4) is 0 Å². The maximum Gasteiger partial charge on any atom is 0.304 e. The van der Waals surface area contributed by atoms with E-state index < -0.39 is 16.0 Å². The molecule has 0 aliphatic rings. The van der Waals surface area contributed by atoms with Crippen LogP contribution in [0.2, 0.25) is 5.02 Å². The smallest absolute Gasteiger partial charge is 0.304 e. The van der Waals surface area contributed by atoms with Gasteiger partial charge in [0.15, 0.2) is 0 Å². The van der Waals surface area contributed by atoms with Gasteiger partial charge in [-0.05, 0) is 24.3 Å². The fourth-order valence-electron chi connectivity index (χ4n) is 0.989. The van der Waals surface area contributed by atoms with Crippen molar-refractivity contribution in [3.63, 3.8) is 0 Å². The predicted molar refractivity (Wildman–Crippen MR) is 58.9 cm³/mol. The first kappa shape index (κ1) is 13.0. The highest BCUT2D eigenvalue weighted by atomic mass is 35.5. The Bertz CT molecular complexity index is 469. The van der Waals surface area contributed by atoms with Gasteiger partial charge in [-0.2, -0.15) is 0 Å². The van der Waals surface area contributed by atoms with Gasteiger partial charge < -0.3 is 5.11 Å². The minimum atomic E-state index is -3.64. The number of halogens is 1. The van der Waals surface area contributed by atoms with E-state index in [2.05, 4.69) is 4.72 Å². The summed E-state index contributed by atoms with van der Waals surface area (Å²) in [6, 6.07) is 5.61. The molecule has 0 heterocycles. The van der Waals surface area contributed by atoms with Crippen LogP contribution in [0.5, 0.6) is 0 Å². The molecule has 16 heavy (non-hydrogen) atoms. The second-order valence-corrected chi connectivity index (χ2v) is 5.20. The van der Waals surface area contributed by atoms with E-state index >= 15 is 0 Å². The molecular weight excluding hydrogens is 254 g/mol. The molecule has 0 saturated carbocycles. The van der Waals surface area contributed by atoms with Gasteiger partial charge in [0.25, 0.3) is 0 Å². The Morgan fingerprint density at radius 2 is 1.88 bits per heavy atom. The third kappa shape index (κ3) is 3.80. The molecule has 7 heteroatoms. The lowest BCUT2D eigenvalue weighted by Gasteiger charge is -2.05.